The Morgan fingerprint density at radius 3 is 2.47 bits per heavy atom. The van der Waals surface area contributed by atoms with Gasteiger partial charge >= 0.3 is 0 Å². The van der Waals surface area contributed by atoms with E-state index in [1.54, 1.807) is 11.1 Å². The summed E-state index contributed by atoms with van der Waals surface area (Å²) in [5.74, 6) is 0.558. The second kappa shape index (κ2) is 12.2. The van der Waals surface area contributed by atoms with Crippen molar-refractivity contribution in [3.63, 3.8) is 0 Å². The van der Waals surface area contributed by atoms with Crippen LogP contribution in [0.4, 0.5) is 0 Å². The second-order valence-corrected chi connectivity index (χ2v) is 10.9. The van der Waals surface area contributed by atoms with Gasteiger partial charge in [-0.1, -0.05) is 101 Å². The SMILES string of the molecule is CCCCCC1(c2ccc(CCC3C=CC=CC3(C)NCCCC)cc2C)CCCCC1. The third-order valence-corrected chi connectivity index (χ3v) is 8.38. The molecule has 32 heavy (non-hydrogen) atoms. The second-order valence-electron chi connectivity index (χ2n) is 10.9. The van der Waals surface area contributed by atoms with Gasteiger partial charge in [0.25, 0.3) is 0 Å². The zero-order chi connectivity index (χ0) is 22.9. The molecule has 0 heterocycles. The van der Waals surface area contributed by atoms with Gasteiger partial charge in [0, 0.05) is 5.54 Å². The fourth-order valence-corrected chi connectivity index (χ4v) is 6.29. The van der Waals surface area contributed by atoms with Crippen LogP contribution >= 0.6 is 0 Å². The first-order chi connectivity index (χ1) is 15.5. The van der Waals surface area contributed by atoms with E-state index in [9.17, 15) is 0 Å². The molecule has 1 N–H and O–H groups in total. The standard InChI is InChI=1S/C31H49N/c1-5-7-11-21-31(22-12-9-13-23-31)29-19-17-27(25-26(29)3)16-18-28-15-10-14-20-30(28,4)32-24-8-6-2/h10,14-15,17,19-20,25,28,32H,5-9,11-13,16,18,21-24H2,1-4H3. The van der Waals surface area contributed by atoms with Crippen molar-refractivity contribution in [2.75, 3.05) is 6.54 Å². The molecule has 1 saturated carbocycles. The lowest BCUT2D eigenvalue weighted by Crippen LogP contribution is -2.47. The zero-order valence-corrected chi connectivity index (χ0v) is 21.5. The van der Waals surface area contributed by atoms with E-state index in [1.807, 2.05) is 0 Å². The van der Waals surface area contributed by atoms with Crippen LogP contribution in [0.1, 0.15) is 115 Å². The van der Waals surface area contributed by atoms with Crippen molar-refractivity contribution >= 4 is 0 Å². The maximum absolute atomic E-state index is 3.84. The molecule has 0 aromatic heterocycles. The Labute approximate surface area is 199 Å². The van der Waals surface area contributed by atoms with Crippen LogP contribution in [0, 0.1) is 12.8 Å². The van der Waals surface area contributed by atoms with E-state index in [-0.39, 0.29) is 5.54 Å². The quantitative estimate of drug-likeness (QED) is 0.324. The number of rotatable bonds is 12. The fraction of sp³-hybridized carbons (Fsp3) is 0.677. The van der Waals surface area contributed by atoms with Gasteiger partial charge in [0.05, 0.1) is 0 Å². The Balaban J connectivity index is 1.67. The smallest absolute Gasteiger partial charge is 0.0402 e. The number of benzene rings is 1. The van der Waals surface area contributed by atoms with Crippen LogP contribution in [0.5, 0.6) is 0 Å². The van der Waals surface area contributed by atoms with Crippen LogP contribution < -0.4 is 5.32 Å². The first kappa shape index (κ1) is 25.3. The average molecular weight is 436 g/mol. The lowest BCUT2D eigenvalue weighted by atomic mass is 9.65. The number of hydrogen-bond donors (Lipinski definition) is 1. The monoisotopic (exact) mass is 435 g/mol. The summed E-state index contributed by atoms with van der Waals surface area (Å²) in [5, 5.41) is 3.84. The van der Waals surface area contributed by atoms with Gasteiger partial charge in [-0.2, -0.15) is 0 Å². The number of allylic oxidation sites excluding steroid dienone is 2. The summed E-state index contributed by atoms with van der Waals surface area (Å²) in [7, 11) is 0. The van der Waals surface area contributed by atoms with E-state index in [1.165, 1.54) is 82.6 Å². The molecular weight excluding hydrogens is 386 g/mol. The molecule has 0 bridgehead atoms. The van der Waals surface area contributed by atoms with Crippen molar-refractivity contribution in [1.29, 1.82) is 0 Å². The van der Waals surface area contributed by atoms with Crippen LogP contribution in [-0.4, -0.2) is 12.1 Å². The van der Waals surface area contributed by atoms with Crippen LogP contribution in [0.2, 0.25) is 0 Å². The summed E-state index contributed by atoms with van der Waals surface area (Å²) < 4.78 is 0. The molecule has 1 nitrogen and oxygen atoms in total. The molecule has 0 amide bonds. The summed E-state index contributed by atoms with van der Waals surface area (Å²) in [5.41, 5.74) is 5.27. The third kappa shape index (κ3) is 6.37. The van der Waals surface area contributed by atoms with Gasteiger partial charge in [-0.05, 0) is 86.9 Å². The van der Waals surface area contributed by atoms with Gasteiger partial charge in [0.2, 0.25) is 0 Å². The predicted molar refractivity (Wildman–Crippen MR) is 141 cm³/mol. The molecule has 1 aromatic carbocycles. The highest BCUT2D eigenvalue weighted by molar-refractivity contribution is 5.37. The highest BCUT2D eigenvalue weighted by Crippen LogP contribution is 2.45. The number of aryl methyl sites for hydroxylation is 2. The van der Waals surface area contributed by atoms with E-state index < -0.39 is 0 Å². The van der Waals surface area contributed by atoms with E-state index in [0.29, 0.717) is 11.3 Å². The van der Waals surface area contributed by atoms with Gasteiger partial charge in [0.15, 0.2) is 0 Å². The Hall–Kier alpha value is -1.34. The molecule has 2 aliphatic carbocycles. The van der Waals surface area contributed by atoms with Gasteiger partial charge < -0.3 is 5.32 Å². The molecule has 1 heteroatoms. The number of unbranched alkanes of at least 4 members (excludes halogenated alkanes) is 3. The fourth-order valence-electron chi connectivity index (χ4n) is 6.29. The summed E-state index contributed by atoms with van der Waals surface area (Å²) in [4.78, 5) is 0. The summed E-state index contributed by atoms with van der Waals surface area (Å²) in [6.45, 7) is 10.5. The molecule has 2 unspecified atom stereocenters. The Kier molecular flexibility index (Phi) is 9.65. The molecule has 3 rings (SSSR count). The molecule has 0 spiro atoms. The van der Waals surface area contributed by atoms with E-state index in [4.69, 9.17) is 0 Å². The summed E-state index contributed by atoms with van der Waals surface area (Å²) >= 11 is 0. The minimum Gasteiger partial charge on any atom is -0.308 e. The van der Waals surface area contributed by atoms with Crippen molar-refractivity contribution < 1.29 is 0 Å². The van der Waals surface area contributed by atoms with Crippen LogP contribution in [0.25, 0.3) is 0 Å². The molecule has 0 radical (unpaired) electrons. The molecule has 178 valence electrons. The Morgan fingerprint density at radius 1 is 0.969 bits per heavy atom. The van der Waals surface area contributed by atoms with Crippen LogP contribution in [0.3, 0.4) is 0 Å². The van der Waals surface area contributed by atoms with Crippen LogP contribution in [-0.2, 0) is 11.8 Å². The summed E-state index contributed by atoms with van der Waals surface area (Å²) in [6.07, 6.45) is 26.7. The van der Waals surface area contributed by atoms with Gasteiger partial charge in [0.1, 0.15) is 0 Å². The third-order valence-electron chi connectivity index (χ3n) is 8.38. The van der Waals surface area contributed by atoms with Gasteiger partial charge in [-0.3, -0.25) is 0 Å². The van der Waals surface area contributed by atoms with E-state index >= 15 is 0 Å². The van der Waals surface area contributed by atoms with Gasteiger partial charge in [-0.25, -0.2) is 0 Å². The minimum absolute atomic E-state index is 0.0876. The maximum Gasteiger partial charge on any atom is 0.0402 e. The first-order valence-corrected chi connectivity index (χ1v) is 13.7. The zero-order valence-electron chi connectivity index (χ0n) is 21.5. The van der Waals surface area contributed by atoms with E-state index in [0.717, 1.165) is 13.0 Å². The van der Waals surface area contributed by atoms with Crippen LogP contribution in [0.15, 0.2) is 42.5 Å². The highest BCUT2D eigenvalue weighted by atomic mass is 15.0. The lowest BCUT2D eigenvalue weighted by molar-refractivity contribution is 0.265. The molecule has 2 aliphatic rings. The molecule has 1 aromatic rings. The Bertz CT molecular complexity index is 752. The number of hydrogen-bond acceptors (Lipinski definition) is 1. The summed E-state index contributed by atoms with van der Waals surface area (Å²) in [6, 6.07) is 7.51. The highest BCUT2D eigenvalue weighted by Gasteiger charge is 2.34. The molecule has 2 atom stereocenters. The van der Waals surface area contributed by atoms with Crippen molar-refractivity contribution in [2.45, 2.75) is 122 Å². The minimum atomic E-state index is 0.0876. The number of nitrogens with one attached hydrogen (secondary N) is 1. The average Bonchev–Trinajstić information content (AvgIpc) is 2.79. The van der Waals surface area contributed by atoms with E-state index in [2.05, 4.69) is 75.5 Å². The Morgan fingerprint density at radius 2 is 1.75 bits per heavy atom. The van der Waals surface area contributed by atoms with Crippen molar-refractivity contribution in [3.05, 3.63) is 59.2 Å². The molecule has 0 aliphatic heterocycles. The van der Waals surface area contributed by atoms with Crippen molar-refractivity contribution in [1.82, 2.24) is 5.32 Å². The normalized spacial score (nSPS) is 24.7. The van der Waals surface area contributed by atoms with Gasteiger partial charge in [-0.15, -0.1) is 0 Å². The molecule has 0 saturated heterocycles. The topological polar surface area (TPSA) is 12.0 Å². The molecule has 1 fully saturated rings. The van der Waals surface area contributed by atoms with Crippen molar-refractivity contribution in [3.8, 4) is 0 Å². The lowest BCUT2D eigenvalue weighted by Gasteiger charge is -2.39. The largest absolute Gasteiger partial charge is 0.308 e. The maximum atomic E-state index is 3.84. The van der Waals surface area contributed by atoms with Crippen molar-refractivity contribution in [2.24, 2.45) is 5.92 Å². The molecular formula is C31H49N. The predicted octanol–water partition coefficient (Wildman–Crippen LogP) is 8.60. The first-order valence-electron chi connectivity index (χ1n) is 13.7.